The Hall–Kier alpha value is -2.94. The first-order valence-electron chi connectivity index (χ1n) is 13.0. The molecule has 4 rings (SSSR count). The fourth-order valence-corrected chi connectivity index (χ4v) is 5.59. The molecule has 3 heteroatoms. The van der Waals surface area contributed by atoms with Crippen molar-refractivity contribution in [2.24, 2.45) is 13.0 Å². The molecule has 3 nitrogen and oxygen atoms in total. The molecule has 0 radical (unpaired) electrons. The van der Waals surface area contributed by atoms with Gasteiger partial charge in [0.2, 0.25) is 0 Å². The highest BCUT2D eigenvalue weighted by Gasteiger charge is 2.37. The van der Waals surface area contributed by atoms with Crippen LogP contribution in [0.25, 0.3) is 16.5 Å². The van der Waals surface area contributed by atoms with Crippen LogP contribution in [0.3, 0.4) is 0 Å². The van der Waals surface area contributed by atoms with E-state index in [4.69, 9.17) is 0 Å². The minimum absolute atomic E-state index is 0.00829. The van der Waals surface area contributed by atoms with Crippen LogP contribution in [-0.4, -0.2) is 16.1 Å². The average Bonchev–Trinajstić information content (AvgIpc) is 3.11. The lowest BCUT2D eigenvalue weighted by atomic mass is 9.74. The molecule has 3 aromatic rings. The lowest BCUT2D eigenvalue weighted by Gasteiger charge is -2.27. The third kappa shape index (κ3) is 4.29. The number of aryl methyl sites for hydroxylation is 1. The zero-order valence-electron chi connectivity index (χ0n) is 21.1. The summed E-state index contributed by atoms with van der Waals surface area (Å²) in [6.07, 6.45) is 9.15. The van der Waals surface area contributed by atoms with Crippen LogP contribution in [-0.2, 0) is 7.05 Å². The second-order valence-electron chi connectivity index (χ2n) is 9.69. The van der Waals surface area contributed by atoms with E-state index < -0.39 is 0 Å². The topological polar surface area (TPSA) is 39.1 Å². The van der Waals surface area contributed by atoms with Crippen LogP contribution in [0, 0.1) is 12.8 Å². The Labute approximate surface area is 203 Å². The number of aromatic nitrogens is 1. The van der Waals surface area contributed by atoms with Gasteiger partial charge in [-0.3, -0.25) is 9.59 Å². The molecule has 1 unspecified atom stereocenters. The Morgan fingerprint density at radius 2 is 1.41 bits per heavy atom. The third-order valence-corrected chi connectivity index (χ3v) is 7.61. The van der Waals surface area contributed by atoms with E-state index in [1.807, 2.05) is 43.4 Å². The SMILES string of the molecule is CCCCCCCCC(CC)C1=C(c2c(C)n(C)c3ccccc23)C(=O)c2ccccc2C1=O. The number of allylic oxidation sites excluding steroid dienone is 2. The predicted molar refractivity (Wildman–Crippen MR) is 141 cm³/mol. The highest BCUT2D eigenvalue weighted by atomic mass is 16.1. The number of fused-ring (bicyclic) bond motifs is 2. The molecule has 1 aromatic heterocycles. The number of unbranched alkanes of at least 4 members (excludes halogenated alkanes) is 5. The van der Waals surface area contributed by atoms with Crippen LogP contribution in [0.1, 0.15) is 97.2 Å². The summed E-state index contributed by atoms with van der Waals surface area (Å²) >= 11 is 0. The molecule has 0 aliphatic heterocycles. The molecular weight excluding hydrogens is 418 g/mol. The first-order valence-corrected chi connectivity index (χ1v) is 13.0. The van der Waals surface area contributed by atoms with Gasteiger partial charge in [0.25, 0.3) is 0 Å². The monoisotopic (exact) mass is 455 g/mol. The Morgan fingerprint density at radius 3 is 2.12 bits per heavy atom. The molecule has 2 aromatic carbocycles. The fraction of sp³-hybridized carbons (Fsp3) is 0.419. The fourth-order valence-electron chi connectivity index (χ4n) is 5.59. The molecule has 0 spiro atoms. The zero-order chi connectivity index (χ0) is 24.2. The van der Waals surface area contributed by atoms with Gasteiger partial charge in [-0.05, 0) is 31.7 Å². The smallest absolute Gasteiger partial charge is 0.194 e. The summed E-state index contributed by atoms with van der Waals surface area (Å²) in [7, 11) is 2.04. The predicted octanol–water partition coefficient (Wildman–Crippen LogP) is 8.10. The van der Waals surface area contributed by atoms with E-state index in [1.165, 1.54) is 32.1 Å². The average molecular weight is 456 g/mol. The number of benzene rings is 2. The van der Waals surface area contributed by atoms with E-state index in [1.54, 1.807) is 0 Å². The number of hydrogen-bond donors (Lipinski definition) is 0. The molecule has 178 valence electrons. The van der Waals surface area contributed by atoms with Gasteiger partial charge in [-0.2, -0.15) is 0 Å². The van der Waals surface area contributed by atoms with Crippen LogP contribution in [0.5, 0.6) is 0 Å². The maximum atomic E-state index is 14.0. The van der Waals surface area contributed by atoms with Crippen molar-refractivity contribution in [3.05, 3.63) is 76.5 Å². The molecule has 0 amide bonds. The maximum Gasteiger partial charge on any atom is 0.194 e. The normalized spacial score (nSPS) is 14.7. The summed E-state index contributed by atoms with van der Waals surface area (Å²) in [6, 6.07) is 15.6. The van der Waals surface area contributed by atoms with Gasteiger partial charge in [0, 0.05) is 51.5 Å². The maximum absolute atomic E-state index is 14.0. The standard InChI is InChI=1S/C31H37NO2/c1-5-7-8-9-10-11-16-22(6-2)28-29(31(34)24-18-13-12-17-23(24)30(28)33)27-21(3)32(4)26-20-15-14-19-25(26)27/h12-15,17-20,22H,5-11,16H2,1-4H3. The Bertz CT molecular complexity index is 1240. The number of carbonyl (C=O) groups is 2. The van der Waals surface area contributed by atoms with E-state index in [0.717, 1.165) is 47.0 Å². The number of nitrogens with zero attached hydrogens (tertiary/aromatic N) is 1. The van der Waals surface area contributed by atoms with Crippen molar-refractivity contribution >= 4 is 28.0 Å². The zero-order valence-corrected chi connectivity index (χ0v) is 21.1. The van der Waals surface area contributed by atoms with Crippen molar-refractivity contribution in [1.29, 1.82) is 0 Å². The summed E-state index contributed by atoms with van der Waals surface area (Å²) in [4.78, 5) is 28.0. The Kier molecular flexibility index (Phi) is 7.50. The summed E-state index contributed by atoms with van der Waals surface area (Å²) in [5.41, 5.74) is 5.52. The molecule has 34 heavy (non-hydrogen) atoms. The van der Waals surface area contributed by atoms with Crippen molar-refractivity contribution in [2.45, 2.75) is 72.1 Å². The molecule has 1 aliphatic rings. The van der Waals surface area contributed by atoms with Crippen molar-refractivity contribution < 1.29 is 9.59 Å². The van der Waals surface area contributed by atoms with Crippen molar-refractivity contribution in [3.63, 3.8) is 0 Å². The molecule has 1 atom stereocenters. The van der Waals surface area contributed by atoms with Crippen molar-refractivity contribution in [2.75, 3.05) is 0 Å². The van der Waals surface area contributed by atoms with E-state index in [2.05, 4.69) is 37.5 Å². The van der Waals surface area contributed by atoms with E-state index >= 15 is 0 Å². The van der Waals surface area contributed by atoms with Gasteiger partial charge in [0.1, 0.15) is 0 Å². The van der Waals surface area contributed by atoms with E-state index in [0.29, 0.717) is 16.7 Å². The minimum Gasteiger partial charge on any atom is -0.347 e. The number of hydrogen-bond acceptors (Lipinski definition) is 2. The van der Waals surface area contributed by atoms with Crippen molar-refractivity contribution in [3.8, 4) is 0 Å². The molecule has 0 fully saturated rings. The van der Waals surface area contributed by atoms with Gasteiger partial charge < -0.3 is 4.57 Å². The number of Topliss-reactive ketones (excluding diaryl/α,β-unsaturated/α-hetero) is 2. The lowest BCUT2D eigenvalue weighted by molar-refractivity contribution is 0.0980. The van der Waals surface area contributed by atoms with Crippen molar-refractivity contribution in [1.82, 2.24) is 4.57 Å². The number of para-hydroxylation sites is 1. The summed E-state index contributed by atoms with van der Waals surface area (Å²) < 4.78 is 2.14. The van der Waals surface area contributed by atoms with E-state index in [-0.39, 0.29) is 17.5 Å². The third-order valence-electron chi connectivity index (χ3n) is 7.61. The van der Waals surface area contributed by atoms with Crippen LogP contribution >= 0.6 is 0 Å². The number of ketones is 2. The summed E-state index contributed by atoms with van der Waals surface area (Å²) in [5.74, 6) is 0.116. The quantitative estimate of drug-likeness (QED) is 0.290. The van der Waals surface area contributed by atoms with Gasteiger partial charge in [-0.15, -0.1) is 0 Å². The van der Waals surface area contributed by atoms with Gasteiger partial charge in [0.05, 0.1) is 0 Å². The largest absolute Gasteiger partial charge is 0.347 e. The minimum atomic E-state index is -0.00829. The van der Waals surface area contributed by atoms with Gasteiger partial charge in [-0.1, -0.05) is 94.8 Å². The lowest BCUT2D eigenvalue weighted by Crippen LogP contribution is -2.26. The van der Waals surface area contributed by atoms with E-state index in [9.17, 15) is 9.59 Å². The highest BCUT2D eigenvalue weighted by Crippen LogP contribution is 2.42. The molecule has 0 bridgehead atoms. The second kappa shape index (κ2) is 10.5. The van der Waals surface area contributed by atoms with Crippen LogP contribution < -0.4 is 0 Å². The number of carbonyl (C=O) groups excluding carboxylic acids is 2. The molecule has 0 N–H and O–H groups in total. The molecule has 0 saturated heterocycles. The van der Waals surface area contributed by atoms with Gasteiger partial charge in [-0.25, -0.2) is 0 Å². The highest BCUT2D eigenvalue weighted by molar-refractivity contribution is 6.42. The molecule has 0 saturated carbocycles. The molecule has 1 heterocycles. The first kappa shape index (κ1) is 24.2. The Balaban J connectivity index is 1.84. The second-order valence-corrected chi connectivity index (χ2v) is 9.69. The van der Waals surface area contributed by atoms with Gasteiger partial charge in [0.15, 0.2) is 11.6 Å². The summed E-state index contributed by atoms with van der Waals surface area (Å²) in [6.45, 7) is 6.45. The Morgan fingerprint density at radius 1 is 0.794 bits per heavy atom. The summed E-state index contributed by atoms with van der Waals surface area (Å²) in [5, 5.41) is 1.05. The molecular formula is C31H37NO2. The van der Waals surface area contributed by atoms with Crippen LogP contribution in [0.2, 0.25) is 0 Å². The molecule has 1 aliphatic carbocycles. The number of rotatable bonds is 10. The first-order chi connectivity index (χ1) is 16.5. The van der Waals surface area contributed by atoms with Gasteiger partial charge >= 0.3 is 0 Å². The van der Waals surface area contributed by atoms with Crippen LogP contribution in [0.15, 0.2) is 54.1 Å². The van der Waals surface area contributed by atoms with Crippen LogP contribution in [0.4, 0.5) is 0 Å².